The average molecular weight is 556 g/mol. The third kappa shape index (κ3) is 6.13. The summed E-state index contributed by atoms with van der Waals surface area (Å²) in [5.41, 5.74) is 0.0530. The molecule has 0 saturated carbocycles. The van der Waals surface area contributed by atoms with E-state index >= 15 is 0 Å². The summed E-state index contributed by atoms with van der Waals surface area (Å²) < 4.78 is 45.4. The fourth-order valence-corrected chi connectivity index (χ4v) is 5.53. The predicted molar refractivity (Wildman–Crippen MR) is 142 cm³/mol. The fourth-order valence-electron chi connectivity index (χ4n) is 3.80. The maximum Gasteiger partial charge on any atom is 0.267 e. The Morgan fingerprint density at radius 3 is 2.53 bits per heavy atom. The molecule has 1 atom stereocenters. The third-order valence-corrected chi connectivity index (χ3v) is 7.73. The number of nitrogens with one attached hydrogen (secondary N) is 3. The molecule has 1 aliphatic rings. The van der Waals surface area contributed by atoms with Crippen LogP contribution in [-0.2, 0) is 16.4 Å². The summed E-state index contributed by atoms with van der Waals surface area (Å²) in [5.74, 6) is 0.563. The lowest BCUT2D eigenvalue weighted by atomic mass is 9.88. The van der Waals surface area contributed by atoms with Crippen molar-refractivity contribution in [1.82, 2.24) is 15.4 Å². The summed E-state index contributed by atoms with van der Waals surface area (Å²) in [6, 6.07) is 7.29. The van der Waals surface area contributed by atoms with Gasteiger partial charge in [0, 0.05) is 24.1 Å². The molecular weight excluding hydrogens is 526 g/mol. The van der Waals surface area contributed by atoms with E-state index in [4.69, 9.17) is 38.0 Å². The van der Waals surface area contributed by atoms with E-state index in [1.165, 1.54) is 32.4 Å². The molecule has 2 aromatic rings. The molecule has 0 radical (unpaired) electrons. The van der Waals surface area contributed by atoms with Crippen LogP contribution >= 0.6 is 23.8 Å². The van der Waals surface area contributed by atoms with Crippen molar-refractivity contribution in [3.63, 3.8) is 0 Å². The van der Waals surface area contributed by atoms with Gasteiger partial charge in [-0.1, -0.05) is 18.5 Å². The number of carbonyl (C=O) groups excluding carboxylic acids is 1. The average Bonchev–Trinajstić information content (AvgIpc) is 2.81. The number of thiocarbonyl (C=S) groups is 1. The topological polar surface area (TPSA) is 115 Å². The van der Waals surface area contributed by atoms with Gasteiger partial charge >= 0.3 is 0 Å². The highest BCUT2D eigenvalue weighted by molar-refractivity contribution is 7.92. The quantitative estimate of drug-likeness (QED) is 0.424. The first-order valence-electron chi connectivity index (χ1n) is 11.3. The van der Waals surface area contributed by atoms with Gasteiger partial charge in [0.05, 0.1) is 25.8 Å². The second-order valence-electron chi connectivity index (χ2n) is 8.75. The number of benzene rings is 2. The standard InChI is InChI=1S/C24H30ClN3O6S2/c1-6-9-26-23(35)28-36(30,31)20-10-14-11-21(24(2,3)34-18(14)13-19(20)33-5)27-22(29)16-12-15(25)7-8-17(16)32-4/h7-8,10,12-13,21H,6,9,11H2,1-5H3,(H,27,29)(H2,26,28,35). The van der Waals surface area contributed by atoms with E-state index in [1.54, 1.807) is 12.1 Å². The van der Waals surface area contributed by atoms with Crippen LogP contribution in [0.5, 0.6) is 17.2 Å². The number of methoxy groups -OCH3 is 2. The summed E-state index contributed by atoms with van der Waals surface area (Å²) in [7, 11) is -1.20. The van der Waals surface area contributed by atoms with Gasteiger partial charge in [-0.3, -0.25) is 9.52 Å². The highest BCUT2D eigenvalue weighted by Crippen LogP contribution is 2.39. The van der Waals surface area contributed by atoms with Gasteiger partial charge in [-0.25, -0.2) is 8.42 Å². The van der Waals surface area contributed by atoms with Gasteiger partial charge in [0.25, 0.3) is 15.9 Å². The SMILES string of the molecule is CCCNC(=S)NS(=O)(=O)c1cc2c(cc1OC)OC(C)(C)C(NC(=O)c1cc(Cl)ccc1OC)C2. The molecule has 0 saturated heterocycles. The predicted octanol–water partition coefficient (Wildman–Crippen LogP) is 3.43. The first kappa shape index (κ1) is 27.8. The van der Waals surface area contributed by atoms with Gasteiger partial charge in [0.1, 0.15) is 27.7 Å². The van der Waals surface area contributed by atoms with Crippen LogP contribution < -0.4 is 29.6 Å². The third-order valence-electron chi connectivity index (χ3n) is 5.75. The van der Waals surface area contributed by atoms with Crippen molar-refractivity contribution >= 4 is 44.9 Å². The van der Waals surface area contributed by atoms with Crippen LogP contribution in [0.2, 0.25) is 5.02 Å². The van der Waals surface area contributed by atoms with E-state index in [1.807, 2.05) is 20.8 Å². The molecule has 3 N–H and O–H groups in total. The summed E-state index contributed by atoms with van der Waals surface area (Å²) in [4.78, 5) is 13.0. The Labute approximate surface area is 221 Å². The normalized spacial score (nSPS) is 16.2. The molecule has 0 aromatic heterocycles. The maximum atomic E-state index is 13.1. The first-order valence-corrected chi connectivity index (χ1v) is 13.5. The van der Waals surface area contributed by atoms with E-state index in [0.29, 0.717) is 35.1 Å². The summed E-state index contributed by atoms with van der Waals surface area (Å²) in [5, 5.41) is 6.21. The van der Waals surface area contributed by atoms with Gasteiger partial charge < -0.3 is 24.8 Å². The Morgan fingerprint density at radius 2 is 1.89 bits per heavy atom. The second-order valence-corrected chi connectivity index (χ2v) is 11.2. The number of carbonyl (C=O) groups is 1. The van der Waals surface area contributed by atoms with Crippen molar-refractivity contribution in [2.75, 3.05) is 20.8 Å². The number of halogens is 1. The molecule has 196 valence electrons. The van der Waals surface area contributed by atoms with Crippen molar-refractivity contribution in [3.8, 4) is 17.2 Å². The molecular formula is C24H30ClN3O6S2. The minimum Gasteiger partial charge on any atom is -0.496 e. The highest BCUT2D eigenvalue weighted by atomic mass is 35.5. The number of ether oxygens (including phenoxy) is 3. The van der Waals surface area contributed by atoms with Crippen LogP contribution in [0.25, 0.3) is 0 Å². The van der Waals surface area contributed by atoms with E-state index in [0.717, 1.165) is 6.42 Å². The van der Waals surface area contributed by atoms with Crippen molar-refractivity contribution < 1.29 is 27.4 Å². The monoisotopic (exact) mass is 555 g/mol. The van der Waals surface area contributed by atoms with Crippen LogP contribution in [0.3, 0.4) is 0 Å². The Balaban J connectivity index is 1.92. The van der Waals surface area contributed by atoms with Crippen molar-refractivity contribution in [1.29, 1.82) is 0 Å². The maximum absolute atomic E-state index is 13.1. The molecule has 12 heteroatoms. The number of rotatable bonds is 8. The zero-order chi connectivity index (χ0) is 26.7. The molecule has 0 bridgehead atoms. The Kier molecular flexibility index (Phi) is 8.58. The van der Waals surface area contributed by atoms with E-state index in [9.17, 15) is 13.2 Å². The number of hydrogen-bond donors (Lipinski definition) is 3. The lowest BCUT2D eigenvalue weighted by Gasteiger charge is -2.40. The summed E-state index contributed by atoms with van der Waals surface area (Å²) in [6.07, 6.45) is 1.09. The van der Waals surface area contributed by atoms with E-state index in [-0.39, 0.29) is 21.3 Å². The van der Waals surface area contributed by atoms with E-state index < -0.39 is 27.6 Å². The number of fused-ring (bicyclic) bond motifs is 1. The number of amides is 1. The number of sulfonamides is 1. The highest BCUT2D eigenvalue weighted by Gasteiger charge is 2.39. The second kappa shape index (κ2) is 11.1. The zero-order valence-corrected chi connectivity index (χ0v) is 23.1. The minimum absolute atomic E-state index is 0.00499. The minimum atomic E-state index is -4.05. The van der Waals surface area contributed by atoms with Crippen molar-refractivity contribution in [2.24, 2.45) is 0 Å². The lowest BCUT2D eigenvalue weighted by Crippen LogP contribution is -2.55. The van der Waals surface area contributed by atoms with Crippen LogP contribution in [0.4, 0.5) is 0 Å². The fraction of sp³-hybridized carbons (Fsp3) is 0.417. The number of hydrogen-bond acceptors (Lipinski definition) is 7. The Hall–Kier alpha value is -2.76. The molecule has 2 aromatic carbocycles. The lowest BCUT2D eigenvalue weighted by molar-refractivity contribution is 0.0435. The largest absolute Gasteiger partial charge is 0.496 e. The van der Waals surface area contributed by atoms with Crippen LogP contribution in [0, 0.1) is 0 Å². The molecule has 0 spiro atoms. The summed E-state index contributed by atoms with van der Waals surface area (Å²) >= 11 is 11.2. The molecule has 1 heterocycles. The molecule has 9 nitrogen and oxygen atoms in total. The molecule has 0 aliphatic carbocycles. The first-order chi connectivity index (χ1) is 16.9. The van der Waals surface area contributed by atoms with Crippen LogP contribution in [0.15, 0.2) is 35.2 Å². The summed E-state index contributed by atoms with van der Waals surface area (Å²) in [6.45, 7) is 6.15. The Morgan fingerprint density at radius 1 is 1.19 bits per heavy atom. The van der Waals surface area contributed by atoms with E-state index in [2.05, 4.69) is 15.4 Å². The van der Waals surface area contributed by atoms with Gasteiger partial charge in [-0.05, 0) is 62.3 Å². The molecule has 0 fully saturated rings. The molecule has 1 unspecified atom stereocenters. The van der Waals surface area contributed by atoms with Gasteiger partial charge in [-0.15, -0.1) is 0 Å². The van der Waals surface area contributed by atoms with Crippen molar-refractivity contribution in [3.05, 3.63) is 46.5 Å². The smallest absolute Gasteiger partial charge is 0.267 e. The molecule has 1 aliphatic heterocycles. The van der Waals surface area contributed by atoms with Crippen LogP contribution in [0.1, 0.15) is 43.1 Å². The molecule has 3 rings (SSSR count). The zero-order valence-electron chi connectivity index (χ0n) is 20.7. The Bertz CT molecular complexity index is 1270. The molecule has 1 amide bonds. The van der Waals surface area contributed by atoms with Crippen molar-refractivity contribution in [2.45, 2.75) is 50.2 Å². The van der Waals surface area contributed by atoms with Gasteiger partial charge in [-0.2, -0.15) is 0 Å². The van der Waals surface area contributed by atoms with Crippen LogP contribution in [-0.4, -0.2) is 51.8 Å². The van der Waals surface area contributed by atoms with Gasteiger partial charge in [0.15, 0.2) is 5.11 Å². The van der Waals surface area contributed by atoms with Gasteiger partial charge in [0.2, 0.25) is 0 Å². The molecule has 36 heavy (non-hydrogen) atoms.